The van der Waals surface area contributed by atoms with Crippen LogP contribution in [-0.4, -0.2) is 17.6 Å². The Kier molecular flexibility index (Phi) is 5.30. The minimum atomic E-state index is -0.398. The molecule has 0 amide bonds. The lowest BCUT2D eigenvalue weighted by atomic mass is 9.95. The van der Waals surface area contributed by atoms with E-state index in [0.717, 1.165) is 18.4 Å². The van der Waals surface area contributed by atoms with Crippen LogP contribution in [0.2, 0.25) is 0 Å². The van der Waals surface area contributed by atoms with Crippen molar-refractivity contribution in [1.82, 2.24) is 5.32 Å². The van der Waals surface area contributed by atoms with Crippen molar-refractivity contribution in [2.75, 3.05) is 7.11 Å². The lowest BCUT2D eigenvalue weighted by Crippen LogP contribution is -2.40. The van der Waals surface area contributed by atoms with Crippen LogP contribution in [0.1, 0.15) is 39.2 Å². The Hall–Kier alpha value is -1.62. The van der Waals surface area contributed by atoms with Gasteiger partial charge in [0.05, 0.1) is 18.1 Å². The summed E-state index contributed by atoms with van der Waals surface area (Å²) in [6, 6.07) is 4.84. The number of nitrogens with zero attached hydrogens (tertiary/aromatic N) is 1. The molecule has 0 bridgehead atoms. The average molecular weight is 266 g/mol. The molecule has 0 aliphatic heterocycles. The molecule has 106 valence electrons. The molecular formula is C14H22N2O3. The van der Waals surface area contributed by atoms with Gasteiger partial charge in [-0.2, -0.15) is 0 Å². The predicted molar refractivity (Wildman–Crippen MR) is 75.5 cm³/mol. The summed E-state index contributed by atoms with van der Waals surface area (Å²) in [4.78, 5) is 10.5. The molecule has 19 heavy (non-hydrogen) atoms. The fourth-order valence-electron chi connectivity index (χ4n) is 1.78. The fourth-order valence-corrected chi connectivity index (χ4v) is 1.78. The third kappa shape index (κ3) is 4.21. The molecule has 0 saturated heterocycles. The molecule has 1 aromatic rings. The second kappa shape index (κ2) is 6.52. The topological polar surface area (TPSA) is 64.4 Å². The summed E-state index contributed by atoms with van der Waals surface area (Å²) in [6.07, 6.45) is 2.02. The predicted octanol–water partition coefficient (Wildman–Crippen LogP) is 3.27. The van der Waals surface area contributed by atoms with Crippen LogP contribution in [0.5, 0.6) is 5.75 Å². The van der Waals surface area contributed by atoms with Crippen molar-refractivity contribution < 1.29 is 9.66 Å². The van der Waals surface area contributed by atoms with Crippen LogP contribution in [0.15, 0.2) is 18.2 Å². The average Bonchev–Trinajstić information content (AvgIpc) is 2.44. The van der Waals surface area contributed by atoms with E-state index in [4.69, 9.17) is 4.74 Å². The zero-order chi connectivity index (χ0) is 14.5. The Morgan fingerprint density at radius 3 is 2.42 bits per heavy atom. The summed E-state index contributed by atoms with van der Waals surface area (Å²) in [5.41, 5.74) is 0.975. The second-order valence-corrected chi connectivity index (χ2v) is 4.92. The number of hydrogen-bond donors (Lipinski definition) is 1. The Bertz CT molecular complexity index is 442. The molecule has 0 aliphatic carbocycles. The first-order valence-electron chi connectivity index (χ1n) is 6.51. The van der Waals surface area contributed by atoms with Crippen molar-refractivity contribution in [2.45, 2.75) is 45.7 Å². The Balaban J connectivity index is 2.89. The number of non-ortho nitro benzene ring substituents is 1. The number of nitro groups is 1. The van der Waals surface area contributed by atoms with E-state index in [-0.39, 0.29) is 11.2 Å². The van der Waals surface area contributed by atoms with Gasteiger partial charge in [-0.3, -0.25) is 10.1 Å². The second-order valence-electron chi connectivity index (χ2n) is 4.92. The van der Waals surface area contributed by atoms with Crippen LogP contribution in [0.25, 0.3) is 0 Å². The van der Waals surface area contributed by atoms with Gasteiger partial charge < -0.3 is 10.1 Å². The number of rotatable bonds is 7. The van der Waals surface area contributed by atoms with Crippen LogP contribution >= 0.6 is 0 Å². The molecule has 0 spiro atoms. The number of nitrogens with one attached hydrogen (secondary N) is 1. The van der Waals surface area contributed by atoms with E-state index in [1.165, 1.54) is 13.2 Å². The van der Waals surface area contributed by atoms with Crippen LogP contribution in [0, 0.1) is 10.1 Å². The van der Waals surface area contributed by atoms with Crippen LogP contribution in [0.4, 0.5) is 5.69 Å². The van der Waals surface area contributed by atoms with E-state index >= 15 is 0 Å². The van der Waals surface area contributed by atoms with Gasteiger partial charge in [0, 0.05) is 18.2 Å². The highest BCUT2D eigenvalue weighted by Gasteiger charge is 2.19. The largest absolute Gasteiger partial charge is 0.496 e. The van der Waals surface area contributed by atoms with Gasteiger partial charge in [-0.15, -0.1) is 0 Å². The maximum absolute atomic E-state index is 10.9. The summed E-state index contributed by atoms with van der Waals surface area (Å²) < 4.78 is 5.10. The molecule has 0 fully saturated rings. The molecule has 1 aromatic carbocycles. The molecule has 0 unspecified atom stereocenters. The van der Waals surface area contributed by atoms with Crippen molar-refractivity contribution in [3.05, 3.63) is 33.9 Å². The molecule has 0 aliphatic rings. The van der Waals surface area contributed by atoms with Gasteiger partial charge in [0.25, 0.3) is 5.69 Å². The molecule has 0 saturated carbocycles. The monoisotopic (exact) mass is 266 g/mol. The van der Waals surface area contributed by atoms with E-state index in [9.17, 15) is 10.1 Å². The van der Waals surface area contributed by atoms with E-state index in [1.807, 2.05) is 6.07 Å². The Morgan fingerprint density at radius 2 is 1.95 bits per heavy atom. The zero-order valence-electron chi connectivity index (χ0n) is 12.0. The van der Waals surface area contributed by atoms with Gasteiger partial charge in [0.1, 0.15) is 5.75 Å². The number of hydrogen-bond acceptors (Lipinski definition) is 4. The molecule has 1 N–H and O–H groups in total. The Morgan fingerprint density at radius 1 is 1.32 bits per heavy atom. The smallest absolute Gasteiger partial charge is 0.273 e. The SMILES string of the molecule is CCC(C)(CC)NCc1cc(OC)cc([N+](=O)[O-])c1. The van der Waals surface area contributed by atoms with Crippen molar-refractivity contribution in [1.29, 1.82) is 0 Å². The zero-order valence-corrected chi connectivity index (χ0v) is 12.0. The first-order chi connectivity index (χ1) is 8.94. The quantitative estimate of drug-likeness (QED) is 0.607. The van der Waals surface area contributed by atoms with E-state index < -0.39 is 4.92 Å². The number of methoxy groups -OCH3 is 1. The summed E-state index contributed by atoms with van der Waals surface area (Å²) in [7, 11) is 1.51. The van der Waals surface area contributed by atoms with Crippen molar-refractivity contribution in [2.24, 2.45) is 0 Å². The standard InChI is InChI=1S/C14H22N2O3/c1-5-14(3,6-2)15-10-11-7-12(16(17)18)9-13(8-11)19-4/h7-9,15H,5-6,10H2,1-4H3. The van der Waals surface area contributed by atoms with E-state index in [1.54, 1.807) is 6.07 Å². The molecule has 1 rings (SSSR count). The summed E-state index contributed by atoms with van der Waals surface area (Å²) in [5.74, 6) is 0.515. The molecule has 0 aromatic heterocycles. The first kappa shape index (κ1) is 15.4. The van der Waals surface area contributed by atoms with Gasteiger partial charge in [-0.05, 0) is 31.4 Å². The van der Waals surface area contributed by atoms with Gasteiger partial charge in [0.2, 0.25) is 0 Å². The van der Waals surface area contributed by atoms with Gasteiger partial charge >= 0.3 is 0 Å². The maximum atomic E-state index is 10.9. The molecule has 5 heteroatoms. The van der Waals surface area contributed by atoms with Crippen molar-refractivity contribution in [3.63, 3.8) is 0 Å². The highest BCUT2D eigenvalue weighted by atomic mass is 16.6. The fraction of sp³-hybridized carbons (Fsp3) is 0.571. The molecule has 0 radical (unpaired) electrons. The molecule has 5 nitrogen and oxygen atoms in total. The maximum Gasteiger partial charge on any atom is 0.273 e. The highest BCUT2D eigenvalue weighted by Crippen LogP contribution is 2.23. The van der Waals surface area contributed by atoms with Gasteiger partial charge in [-0.1, -0.05) is 13.8 Å². The lowest BCUT2D eigenvalue weighted by molar-refractivity contribution is -0.385. The van der Waals surface area contributed by atoms with Gasteiger partial charge in [0.15, 0.2) is 0 Å². The van der Waals surface area contributed by atoms with Crippen LogP contribution in [0.3, 0.4) is 0 Å². The minimum Gasteiger partial charge on any atom is -0.496 e. The highest BCUT2D eigenvalue weighted by molar-refractivity contribution is 5.42. The van der Waals surface area contributed by atoms with E-state index in [2.05, 4.69) is 26.1 Å². The molecule has 0 heterocycles. The third-order valence-electron chi connectivity index (χ3n) is 3.68. The Labute approximate surface area is 114 Å². The summed E-state index contributed by atoms with van der Waals surface area (Å²) in [5, 5.41) is 14.3. The summed E-state index contributed by atoms with van der Waals surface area (Å²) in [6.45, 7) is 7.01. The van der Waals surface area contributed by atoms with Crippen molar-refractivity contribution >= 4 is 5.69 Å². The minimum absolute atomic E-state index is 0.0534. The number of nitro benzene ring substituents is 1. The molecular weight excluding hydrogens is 244 g/mol. The normalized spacial score (nSPS) is 11.4. The first-order valence-corrected chi connectivity index (χ1v) is 6.51. The van der Waals surface area contributed by atoms with Gasteiger partial charge in [-0.25, -0.2) is 0 Å². The lowest BCUT2D eigenvalue weighted by Gasteiger charge is -2.28. The van der Waals surface area contributed by atoms with E-state index in [0.29, 0.717) is 12.3 Å². The third-order valence-corrected chi connectivity index (χ3v) is 3.68. The summed E-state index contributed by atoms with van der Waals surface area (Å²) >= 11 is 0. The van der Waals surface area contributed by atoms with Crippen LogP contribution < -0.4 is 10.1 Å². The van der Waals surface area contributed by atoms with Crippen molar-refractivity contribution in [3.8, 4) is 5.75 Å². The number of benzene rings is 1. The van der Waals surface area contributed by atoms with Crippen LogP contribution in [-0.2, 0) is 6.54 Å². The number of ether oxygens (including phenoxy) is 1. The molecule has 0 atom stereocenters.